The third-order valence-corrected chi connectivity index (χ3v) is 5.88. The predicted octanol–water partition coefficient (Wildman–Crippen LogP) is 5.00. The van der Waals surface area contributed by atoms with Crippen LogP contribution in [0.3, 0.4) is 0 Å². The van der Waals surface area contributed by atoms with E-state index in [4.69, 9.17) is 0 Å². The smallest absolute Gasteiger partial charge is 0.255 e. The van der Waals surface area contributed by atoms with Crippen LogP contribution in [0.2, 0.25) is 0 Å². The van der Waals surface area contributed by atoms with E-state index in [1.165, 1.54) is 29.8 Å². The third kappa shape index (κ3) is 4.58. The maximum absolute atomic E-state index is 13.1. The zero-order valence-corrected chi connectivity index (χ0v) is 17.7. The highest BCUT2D eigenvalue weighted by Gasteiger charge is 2.12. The molecule has 0 unspecified atom stereocenters. The number of fused-ring (bicyclic) bond motifs is 1. The fourth-order valence-corrected chi connectivity index (χ4v) is 4.23. The summed E-state index contributed by atoms with van der Waals surface area (Å²) in [4.78, 5) is 22.5. The topological polar surface area (TPSA) is 61.0 Å². The van der Waals surface area contributed by atoms with E-state index >= 15 is 0 Å². The fourth-order valence-electron chi connectivity index (χ4n) is 3.53. The van der Waals surface area contributed by atoms with Crippen molar-refractivity contribution in [2.24, 2.45) is 0 Å². The number of likely N-dealkylation sites (N-methyl/N-ethyl adjacent to an activating group) is 1. The first-order valence-corrected chi connectivity index (χ1v) is 10.6. The number of aromatic amines is 1. The molecule has 0 atom stereocenters. The summed E-state index contributed by atoms with van der Waals surface area (Å²) in [5.41, 5.74) is 4.56. The largest absolute Gasteiger partial charge is 0.358 e. The molecule has 0 spiro atoms. The van der Waals surface area contributed by atoms with Gasteiger partial charge in [-0.05, 0) is 68.4 Å². The number of thiazole rings is 1. The Morgan fingerprint density at radius 1 is 1.23 bits per heavy atom. The Balaban J connectivity index is 1.49. The molecule has 5 nitrogen and oxygen atoms in total. The van der Waals surface area contributed by atoms with Gasteiger partial charge in [0, 0.05) is 46.0 Å². The van der Waals surface area contributed by atoms with Gasteiger partial charge in [0.2, 0.25) is 0 Å². The van der Waals surface area contributed by atoms with Crippen LogP contribution in [0.4, 0.5) is 10.1 Å². The highest BCUT2D eigenvalue weighted by atomic mass is 32.1. The lowest BCUT2D eigenvalue weighted by atomic mass is 10.1. The minimum Gasteiger partial charge on any atom is -0.358 e. The van der Waals surface area contributed by atoms with Crippen molar-refractivity contribution in [2.75, 3.05) is 18.9 Å². The van der Waals surface area contributed by atoms with Crippen LogP contribution in [0.25, 0.3) is 10.9 Å². The quantitative estimate of drug-likeness (QED) is 0.441. The molecule has 2 heterocycles. The van der Waals surface area contributed by atoms with Crippen LogP contribution in [0, 0.1) is 12.7 Å². The standard InChI is InChI=1S/C23H23FN4OS/c1-15-19(9-11-28(2)14-22-25-10-12-30-22)20-13-18(7-8-21(20)26-15)27-23(29)16-3-5-17(24)6-4-16/h3-8,10,12-13,26H,9,11,14H2,1-2H3,(H,27,29). The molecule has 1 amide bonds. The van der Waals surface area contributed by atoms with Crippen molar-refractivity contribution in [2.45, 2.75) is 19.9 Å². The Morgan fingerprint density at radius 2 is 2.03 bits per heavy atom. The summed E-state index contributed by atoms with van der Waals surface area (Å²) in [7, 11) is 2.10. The van der Waals surface area contributed by atoms with Crippen LogP contribution in [-0.4, -0.2) is 34.4 Å². The first kappa shape index (κ1) is 20.3. The molecule has 0 aliphatic heterocycles. The van der Waals surface area contributed by atoms with Gasteiger partial charge < -0.3 is 10.3 Å². The van der Waals surface area contributed by atoms with Crippen molar-refractivity contribution >= 4 is 33.8 Å². The van der Waals surface area contributed by atoms with E-state index in [0.717, 1.165) is 41.1 Å². The van der Waals surface area contributed by atoms with E-state index in [9.17, 15) is 9.18 Å². The molecular weight excluding hydrogens is 399 g/mol. The number of amides is 1. The molecule has 0 aliphatic carbocycles. The van der Waals surface area contributed by atoms with Crippen LogP contribution < -0.4 is 5.32 Å². The molecule has 0 saturated heterocycles. The third-order valence-electron chi connectivity index (χ3n) is 5.12. The van der Waals surface area contributed by atoms with Gasteiger partial charge in [0.15, 0.2) is 0 Å². The second kappa shape index (κ2) is 8.77. The Kier molecular flexibility index (Phi) is 5.92. The van der Waals surface area contributed by atoms with Crippen molar-refractivity contribution in [1.29, 1.82) is 0 Å². The number of H-pyrrole nitrogens is 1. The average molecular weight is 423 g/mol. The summed E-state index contributed by atoms with van der Waals surface area (Å²) < 4.78 is 13.1. The van der Waals surface area contributed by atoms with Gasteiger partial charge in [-0.25, -0.2) is 9.37 Å². The first-order chi connectivity index (χ1) is 14.5. The number of benzene rings is 2. The number of aromatic nitrogens is 2. The highest BCUT2D eigenvalue weighted by Crippen LogP contribution is 2.26. The Hall–Kier alpha value is -3.03. The van der Waals surface area contributed by atoms with Crippen LogP contribution in [0.1, 0.15) is 26.6 Å². The second-order valence-corrected chi connectivity index (χ2v) is 8.34. The lowest BCUT2D eigenvalue weighted by Crippen LogP contribution is -2.20. The van der Waals surface area contributed by atoms with Gasteiger partial charge in [-0.3, -0.25) is 9.69 Å². The monoisotopic (exact) mass is 422 g/mol. The van der Waals surface area contributed by atoms with Crippen molar-refractivity contribution in [3.63, 3.8) is 0 Å². The molecule has 0 radical (unpaired) electrons. The molecule has 7 heteroatoms. The zero-order chi connectivity index (χ0) is 21.1. The number of hydrogen-bond donors (Lipinski definition) is 2. The summed E-state index contributed by atoms with van der Waals surface area (Å²) in [5, 5.41) is 7.12. The molecule has 4 aromatic rings. The lowest BCUT2D eigenvalue weighted by Gasteiger charge is -2.15. The van der Waals surface area contributed by atoms with Crippen LogP contribution in [0.5, 0.6) is 0 Å². The molecule has 30 heavy (non-hydrogen) atoms. The van der Waals surface area contributed by atoms with Crippen LogP contribution >= 0.6 is 11.3 Å². The number of hydrogen-bond acceptors (Lipinski definition) is 4. The van der Waals surface area contributed by atoms with Gasteiger partial charge in [-0.2, -0.15) is 0 Å². The van der Waals surface area contributed by atoms with Crippen LogP contribution in [0.15, 0.2) is 54.0 Å². The van der Waals surface area contributed by atoms with E-state index in [2.05, 4.69) is 34.2 Å². The molecule has 0 aliphatic rings. The fraction of sp³-hybridized carbons (Fsp3) is 0.217. The van der Waals surface area contributed by atoms with Crippen molar-refractivity contribution in [3.8, 4) is 0 Å². The Morgan fingerprint density at radius 3 is 2.77 bits per heavy atom. The summed E-state index contributed by atoms with van der Waals surface area (Å²) in [6.45, 7) is 3.81. The van der Waals surface area contributed by atoms with Gasteiger partial charge >= 0.3 is 0 Å². The van der Waals surface area contributed by atoms with Gasteiger partial charge in [0.25, 0.3) is 5.91 Å². The molecule has 2 aromatic heterocycles. The molecular formula is C23H23FN4OS. The first-order valence-electron chi connectivity index (χ1n) is 9.74. The number of carbonyl (C=O) groups excluding carboxylic acids is 1. The normalized spacial score (nSPS) is 11.3. The van der Waals surface area contributed by atoms with E-state index in [0.29, 0.717) is 11.3 Å². The number of nitrogens with zero attached hydrogens (tertiary/aromatic N) is 2. The average Bonchev–Trinajstić information content (AvgIpc) is 3.33. The molecule has 2 aromatic carbocycles. The Labute approximate surface area is 178 Å². The lowest BCUT2D eigenvalue weighted by molar-refractivity contribution is 0.102. The summed E-state index contributed by atoms with van der Waals surface area (Å²) in [6.07, 6.45) is 2.72. The van der Waals surface area contributed by atoms with Crippen LogP contribution in [-0.2, 0) is 13.0 Å². The molecule has 154 valence electrons. The minimum absolute atomic E-state index is 0.258. The molecule has 0 saturated carbocycles. The molecule has 0 fully saturated rings. The summed E-state index contributed by atoms with van der Waals surface area (Å²) >= 11 is 1.67. The number of aryl methyl sites for hydroxylation is 1. The van der Waals surface area contributed by atoms with Crippen molar-refractivity contribution < 1.29 is 9.18 Å². The maximum Gasteiger partial charge on any atom is 0.255 e. The van der Waals surface area contributed by atoms with E-state index < -0.39 is 0 Å². The zero-order valence-electron chi connectivity index (χ0n) is 16.9. The molecule has 2 N–H and O–H groups in total. The number of carbonyl (C=O) groups is 1. The van der Waals surface area contributed by atoms with Gasteiger partial charge in [0.1, 0.15) is 10.8 Å². The Bertz CT molecular complexity index is 1150. The number of anilines is 1. The maximum atomic E-state index is 13.1. The molecule has 0 bridgehead atoms. The number of nitrogens with one attached hydrogen (secondary N) is 2. The van der Waals surface area contributed by atoms with E-state index in [1.807, 2.05) is 29.8 Å². The predicted molar refractivity (Wildman–Crippen MR) is 120 cm³/mol. The van der Waals surface area contributed by atoms with E-state index in [1.54, 1.807) is 11.3 Å². The number of rotatable bonds is 7. The second-order valence-electron chi connectivity index (χ2n) is 7.36. The SMILES string of the molecule is Cc1[nH]c2ccc(NC(=O)c3ccc(F)cc3)cc2c1CCN(C)Cc1nccs1. The highest BCUT2D eigenvalue weighted by molar-refractivity contribution is 7.09. The van der Waals surface area contributed by atoms with Crippen molar-refractivity contribution in [3.05, 3.63) is 81.7 Å². The summed E-state index contributed by atoms with van der Waals surface area (Å²) in [6, 6.07) is 11.4. The number of halogens is 1. The van der Waals surface area contributed by atoms with E-state index in [-0.39, 0.29) is 11.7 Å². The summed E-state index contributed by atoms with van der Waals surface area (Å²) in [5.74, 6) is -0.619. The minimum atomic E-state index is -0.361. The van der Waals surface area contributed by atoms with Gasteiger partial charge in [0.05, 0.1) is 6.54 Å². The van der Waals surface area contributed by atoms with Crippen molar-refractivity contribution in [1.82, 2.24) is 14.9 Å². The van der Waals surface area contributed by atoms with Gasteiger partial charge in [-0.1, -0.05) is 0 Å². The molecule has 4 rings (SSSR count). The van der Waals surface area contributed by atoms with Gasteiger partial charge in [-0.15, -0.1) is 11.3 Å².